The van der Waals surface area contributed by atoms with Gasteiger partial charge in [-0.3, -0.25) is 4.79 Å². The van der Waals surface area contributed by atoms with Crippen LogP contribution in [0.25, 0.3) is 0 Å². The topological polar surface area (TPSA) is 55.4 Å². The highest BCUT2D eigenvalue weighted by Crippen LogP contribution is 2.23. The van der Waals surface area contributed by atoms with Crippen molar-refractivity contribution in [2.24, 2.45) is 0 Å². The summed E-state index contributed by atoms with van der Waals surface area (Å²) >= 11 is 9.30. The SMILES string of the molecule is Cc1c(Cl)cccc1NC(=O)C(C)OC(=O)c1ccc(Br)cc1. The molecular formula is C17H15BrClNO3. The van der Waals surface area contributed by atoms with Gasteiger partial charge in [-0.2, -0.15) is 0 Å². The Labute approximate surface area is 147 Å². The fourth-order valence-electron chi connectivity index (χ4n) is 1.85. The zero-order valence-electron chi connectivity index (χ0n) is 12.6. The second kappa shape index (κ2) is 7.62. The van der Waals surface area contributed by atoms with Crippen molar-refractivity contribution in [3.63, 3.8) is 0 Å². The van der Waals surface area contributed by atoms with Crippen molar-refractivity contribution in [1.82, 2.24) is 0 Å². The molecular weight excluding hydrogens is 382 g/mol. The number of carbonyl (C=O) groups excluding carboxylic acids is 2. The van der Waals surface area contributed by atoms with Gasteiger partial charge in [0.2, 0.25) is 0 Å². The van der Waals surface area contributed by atoms with Gasteiger partial charge in [0.05, 0.1) is 5.56 Å². The van der Waals surface area contributed by atoms with Gasteiger partial charge in [-0.15, -0.1) is 0 Å². The van der Waals surface area contributed by atoms with Crippen LogP contribution < -0.4 is 5.32 Å². The van der Waals surface area contributed by atoms with Crippen LogP contribution in [-0.4, -0.2) is 18.0 Å². The predicted molar refractivity (Wildman–Crippen MR) is 93.8 cm³/mol. The average molecular weight is 397 g/mol. The third kappa shape index (κ3) is 4.56. The number of hydrogen-bond acceptors (Lipinski definition) is 3. The lowest BCUT2D eigenvalue weighted by Crippen LogP contribution is -2.30. The van der Waals surface area contributed by atoms with E-state index in [0.29, 0.717) is 16.3 Å². The number of esters is 1. The van der Waals surface area contributed by atoms with Gasteiger partial charge in [-0.1, -0.05) is 33.6 Å². The molecule has 0 radical (unpaired) electrons. The maximum absolute atomic E-state index is 12.2. The smallest absolute Gasteiger partial charge is 0.338 e. The quantitative estimate of drug-likeness (QED) is 0.769. The zero-order valence-corrected chi connectivity index (χ0v) is 14.9. The second-order valence-electron chi connectivity index (χ2n) is 4.96. The minimum absolute atomic E-state index is 0.381. The van der Waals surface area contributed by atoms with E-state index in [1.807, 2.05) is 0 Å². The molecule has 2 aromatic carbocycles. The summed E-state index contributed by atoms with van der Waals surface area (Å²) in [6, 6.07) is 11.9. The molecule has 2 aromatic rings. The maximum atomic E-state index is 12.2. The molecule has 6 heteroatoms. The number of benzene rings is 2. The van der Waals surface area contributed by atoms with Crippen molar-refractivity contribution in [3.8, 4) is 0 Å². The summed E-state index contributed by atoms with van der Waals surface area (Å²) in [5, 5.41) is 3.27. The minimum Gasteiger partial charge on any atom is -0.449 e. The van der Waals surface area contributed by atoms with Crippen LogP contribution in [-0.2, 0) is 9.53 Å². The Morgan fingerprint density at radius 2 is 1.83 bits per heavy atom. The summed E-state index contributed by atoms with van der Waals surface area (Å²) in [4.78, 5) is 24.2. The molecule has 120 valence electrons. The van der Waals surface area contributed by atoms with E-state index in [1.165, 1.54) is 6.92 Å². The standard InChI is InChI=1S/C17H15BrClNO3/c1-10-14(19)4-3-5-15(10)20-16(21)11(2)23-17(22)12-6-8-13(18)9-7-12/h3-9,11H,1-2H3,(H,20,21). The first-order valence-corrected chi connectivity index (χ1v) is 8.08. The number of rotatable bonds is 4. The Kier molecular flexibility index (Phi) is 5.80. The lowest BCUT2D eigenvalue weighted by Gasteiger charge is -2.15. The van der Waals surface area contributed by atoms with Gasteiger partial charge in [0.1, 0.15) is 0 Å². The number of amides is 1. The summed E-state index contributed by atoms with van der Waals surface area (Å²) in [5.41, 5.74) is 1.73. The van der Waals surface area contributed by atoms with E-state index >= 15 is 0 Å². The molecule has 0 aliphatic heterocycles. The van der Waals surface area contributed by atoms with E-state index in [-0.39, 0.29) is 0 Å². The first-order chi connectivity index (χ1) is 10.9. The van der Waals surface area contributed by atoms with Gasteiger partial charge in [0.25, 0.3) is 5.91 Å². The minimum atomic E-state index is -0.926. The van der Waals surface area contributed by atoms with Crippen LogP contribution >= 0.6 is 27.5 Å². The Morgan fingerprint density at radius 3 is 2.48 bits per heavy atom. The van der Waals surface area contributed by atoms with Crippen molar-refractivity contribution in [1.29, 1.82) is 0 Å². The molecule has 0 fully saturated rings. The molecule has 0 aliphatic rings. The third-order valence-corrected chi connectivity index (χ3v) is 4.20. The first-order valence-electron chi connectivity index (χ1n) is 6.91. The molecule has 2 rings (SSSR count). The van der Waals surface area contributed by atoms with Crippen LogP contribution in [0.1, 0.15) is 22.8 Å². The monoisotopic (exact) mass is 395 g/mol. The fraction of sp³-hybridized carbons (Fsp3) is 0.176. The highest BCUT2D eigenvalue weighted by Gasteiger charge is 2.19. The lowest BCUT2D eigenvalue weighted by molar-refractivity contribution is -0.123. The van der Waals surface area contributed by atoms with Crippen molar-refractivity contribution >= 4 is 45.1 Å². The van der Waals surface area contributed by atoms with Crippen molar-refractivity contribution in [2.75, 3.05) is 5.32 Å². The molecule has 0 bridgehead atoms. The first kappa shape index (κ1) is 17.5. The van der Waals surface area contributed by atoms with Gasteiger partial charge >= 0.3 is 5.97 Å². The lowest BCUT2D eigenvalue weighted by atomic mass is 10.2. The highest BCUT2D eigenvalue weighted by atomic mass is 79.9. The van der Waals surface area contributed by atoms with Crippen molar-refractivity contribution in [2.45, 2.75) is 20.0 Å². The summed E-state index contributed by atoms with van der Waals surface area (Å²) in [6.07, 6.45) is -0.926. The molecule has 0 saturated carbocycles. The zero-order chi connectivity index (χ0) is 17.0. The molecule has 0 heterocycles. The number of anilines is 1. The largest absolute Gasteiger partial charge is 0.449 e. The number of ether oxygens (including phenoxy) is 1. The van der Waals surface area contributed by atoms with Gasteiger partial charge in [-0.05, 0) is 55.8 Å². The molecule has 1 unspecified atom stereocenters. The van der Waals surface area contributed by atoms with Crippen LogP contribution in [0.3, 0.4) is 0 Å². The molecule has 23 heavy (non-hydrogen) atoms. The molecule has 1 amide bonds. The van der Waals surface area contributed by atoms with Crippen molar-refractivity contribution in [3.05, 3.63) is 63.1 Å². The molecule has 4 nitrogen and oxygen atoms in total. The molecule has 1 N–H and O–H groups in total. The Morgan fingerprint density at radius 1 is 1.17 bits per heavy atom. The summed E-state index contributed by atoms with van der Waals surface area (Å²) in [7, 11) is 0. The van der Waals surface area contributed by atoms with Crippen molar-refractivity contribution < 1.29 is 14.3 Å². The summed E-state index contributed by atoms with van der Waals surface area (Å²) in [5.74, 6) is -0.969. The highest BCUT2D eigenvalue weighted by molar-refractivity contribution is 9.10. The van der Waals surface area contributed by atoms with E-state index in [0.717, 1.165) is 10.0 Å². The number of carbonyl (C=O) groups is 2. The fourth-order valence-corrected chi connectivity index (χ4v) is 2.28. The van der Waals surface area contributed by atoms with E-state index in [2.05, 4.69) is 21.2 Å². The van der Waals surface area contributed by atoms with Crippen LogP contribution in [0.2, 0.25) is 5.02 Å². The van der Waals surface area contributed by atoms with Gasteiger partial charge in [0, 0.05) is 15.2 Å². The van der Waals surface area contributed by atoms with E-state index in [4.69, 9.17) is 16.3 Å². The van der Waals surface area contributed by atoms with Gasteiger partial charge in [-0.25, -0.2) is 4.79 Å². The van der Waals surface area contributed by atoms with E-state index < -0.39 is 18.0 Å². The normalized spacial score (nSPS) is 11.7. The Bertz CT molecular complexity index is 731. The van der Waals surface area contributed by atoms with Crippen LogP contribution in [0.5, 0.6) is 0 Å². The van der Waals surface area contributed by atoms with Crippen LogP contribution in [0.4, 0.5) is 5.69 Å². The van der Waals surface area contributed by atoms with E-state index in [9.17, 15) is 9.59 Å². The number of hydrogen-bond donors (Lipinski definition) is 1. The maximum Gasteiger partial charge on any atom is 0.338 e. The summed E-state index contributed by atoms with van der Waals surface area (Å²) < 4.78 is 6.04. The van der Waals surface area contributed by atoms with E-state index in [1.54, 1.807) is 49.4 Å². The molecule has 0 aromatic heterocycles. The van der Waals surface area contributed by atoms with Crippen LogP contribution in [0.15, 0.2) is 46.9 Å². The second-order valence-corrected chi connectivity index (χ2v) is 6.28. The number of halogens is 2. The molecule has 0 aliphatic carbocycles. The Balaban J connectivity index is 2.01. The number of nitrogens with one attached hydrogen (secondary N) is 1. The third-order valence-electron chi connectivity index (χ3n) is 3.26. The predicted octanol–water partition coefficient (Wildman–Crippen LogP) is 4.59. The van der Waals surface area contributed by atoms with Crippen LogP contribution in [0, 0.1) is 6.92 Å². The summed E-state index contributed by atoms with van der Waals surface area (Å²) in [6.45, 7) is 3.32. The molecule has 0 spiro atoms. The Hall–Kier alpha value is -1.85. The average Bonchev–Trinajstić information content (AvgIpc) is 2.52. The van der Waals surface area contributed by atoms with Gasteiger partial charge in [0.15, 0.2) is 6.10 Å². The molecule has 0 saturated heterocycles. The van der Waals surface area contributed by atoms with Gasteiger partial charge < -0.3 is 10.1 Å². The molecule has 1 atom stereocenters.